The van der Waals surface area contributed by atoms with Gasteiger partial charge in [0.2, 0.25) is 5.91 Å². The van der Waals surface area contributed by atoms with Crippen molar-refractivity contribution in [3.63, 3.8) is 0 Å². The van der Waals surface area contributed by atoms with Gasteiger partial charge in [-0.2, -0.15) is 0 Å². The molecule has 0 radical (unpaired) electrons. The van der Waals surface area contributed by atoms with Crippen LogP contribution in [0.1, 0.15) is 44.1 Å². The molecule has 0 unspecified atom stereocenters. The van der Waals surface area contributed by atoms with Crippen LogP contribution in [-0.4, -0.2) is 38.1 Å². The number of rotatable bonds is 9. The summed E-state index contributed by atoms with van der Waals surface area (Å²) in [6.07, 6.45) is 8.11. The minimum atomic E-state index is 0.105. The van der Waals surface area contributed by atoms with Crippen molar-refractivity contribution in [3.8, 4) is 5.75 Å². The molecule has 0 heterocycles. The Bertz CT molecular complexity index is 624. The van der Waals surface area contributed by atoms with Crippen LogP contribution >= 0.6 is 0 Å². The number of nitrogens with one attached hydrogen (secondary N) is 3. The highest BCUT2D eigenvalue weighted by Crippen LogP contribution is 2.18. The number of guanidine groups is 1. The lowest BCUT2D eigenvalue weighted by atomic mass is 9.95. The first-order chi connectivity index (χ1) is 13.2. The molecule has 0 aromatic heterocycles. The normalized spacial score (nSPS) is 15.1. The molecule has 0 bridgehead atoms. The van der Waals surface area contributed by atoms with Gasteiger partial charge in [0.15, 0.2) is 5.96 Å². The Labute approximate surface area is 162 Å². The van der Waals surface area contributed by atoms with Gasteiger partial charge in [-0.3, -0.25) is 9.79 Å². The highest BCUT2D eigenvalue weighted by atomic mass is 16.5. The molecule has 1 fully saturated rings. The molecule has 1 aliphatic carbocycles. The van der Waals surface area contributed by atoms with Gasteiger partial charge in [0.1, 0.15) is 12.4 Å². The van der Waals surface area contributed by atoms with Crippen molar-refractivity contribution in [2.24, 2.45) is 4.99 Å². The molecular weight excluding hydrogens is 340 g/mol. The zero-order chi connectivity index (χ0) is 19.3. The molecule has 0 aliphatic heterocycles. The Morgan fingerprint density at radius 3 is 2.78 bits per heavy atom. The smallest absolute Gasteiger partial charge is 0.221 e. The Morgan fingerprint density at radius 2 is 2.04 bits per heavy atom. The predicted octanol–water partition coefficient (Wildman–Crippen LogP) is 2.76. The summed E-state index contributed by atoms with van der Waals surface area (Å²) in [6, 6.07) is 8.22. The van der Waals surface area contributed by atoms with E-state index in [0.717, 1.165) is 24.2 Å². The number of hydrogen-bond donors (Lipinski definition) is 3. The zero-order valence-corrected chi connectivity index (χ0v) is 16.3. The maximum atomic E-state index is 12.1. The van der Waals surface area contributed by atoms with Gasteiger partial charge in [-0.05, 0) is 18.9 Å². The quantitative estimate of drug-likeness (QED) is 0.354. The van der Waals surface area contributed by atoms with Crippen molar-refractivity contribution < 1.29 is 9.53 Å². The van der Waals surface area contributed by atoms with Gasteiger partial charge in [-0.15, -0.1) is 0 Å². The van der Waals surface area contributed by atoms with Gasteiger partial charge < -0.3 is 20.7 Å². The summed E-state index contributed by atoms with van der Waals surface area (Å²) in [5, 5.41) is 9.58. The summed E-state index contributed by atoms with van der Waals surface area (Å²) in [5.74, 6) is 1.60. The highest BCUT2D eigenvalue weighted by molar-refractivity contribution is 5.81. The topological polar surface area (TPSA) is 74.8 Å². The van der Waals surface area contributed by atoms with Crippen molar-refractivity contribution in [2.75, 3.05) is 20.2 Å². The first kappa shape index (κ1) is 20.8. The van der Waals surface area contributed by atoms with Gasteiger partial charge in [0, 0.05) is 38.2 Å². The SMILES string of the molecule is C=CCOc1ccccc1CNC(=NC)NCCC(=O)NC1CCCCC1. The predicted molar refractivity (Wildman–Crippen MR) is 110 cm³/mol. The van der Waals surface area contributed by atoms with E-state index in [9.17, 15) is 4.79 Å². The number of ether oxygens (including phenoxy) is 1. The van der Waals surface area contributed by atoms with Crippen molar-refractivity contribution in [1.29, 1.82) is 0 Å². The van der Waals surface area contributed by atoms with Crippen LogP contribution in [-0.2, 0) is 11.3 Å². The lowest BCUT2D eigenvalue weighted by molar-refractivity contribution is -0.121. The third kappa shape index (κ3) is 7.72. The number of nitrogens with zero attached hydrogens (tertiary/aromatic N) is 1. The Balaban J connectivity index is 1.71. The molecule has 1 aromatic carbocycles. The van der Waals surface area contributed by atoms with Crippen LogP contribution in [0.25, 0.3) is 0 Å². The number of benzene rings is 1. The van der Waals surface area contributed by atoms with E-state index < -0.39 is 0 Å². The fourth-order valence-electron chi connectivity index (χ4n) is 3.18. The van der Waals surface area contributed by atoms with Crippen molar-refractivity contribution in [1.82, 2.24) is 16.0 Å². The molecule has 1 aliphatic rings. The van der Waals surface area contributed by atoms with E-state index in [2.05, 4.69) is 27.5 Å². The molecule has 1 amide bonds. The van der Waals surface area contributed by atoms with Gasteiger partial charge in [-0.25, -0.2) is 0 Å². The van der Waals surface area contributed by atoms with Crippen LogP contribution < -0.4 is 20.7 Å². The molecule has 27 heavy (non-hydrogen) atoms. The molecule has 0 saturated heterocycles. The number of carbonyl (C=O) groups excluding carboxylic acids is 1. The largest absolute Gasteiger partial charge is 0.489 e. The molecule has 6 nitrogen and oxygen atoms in total. The second-order valence-corrected chi connectivity index (χ2v) is 6.71. The average molecular weight is 373 g/mol. The molecule has 0 atom stereocenters. The van der Waals surface area contributed by atoms with Gasteiger partial charge in [0.05, 0.1) is 0 Å². The van der Waals surface area contributed by atoms with Crippen molar-refractivity contribution >= 4 is 11.9 Å². The fraction of sp³-hybridized carbons (Fsp3) is 0.524. The Kier molecular flexibility index (Phi) is 9.24. The first-order valence-electron chi connectivity index (χ1n) is 9.78. The summed E-state index contributed by atoms with van der Waals surface area (Å²) in [7, 11) is 1.72. The number of para-hydroxylation sites is 1. The monoisotopic (exact) mass is 372 g/mol. The average Bonchev–Trinajstić information content (AvgIpc) is 2.70. The second-order valence-electron chi connectivity index (χ2n) is 6.71. The maximum Gasteiger partial charge on any atom is 0.221 e. The van der Waals surface area contributed by atoms with Crippen molar-refractivity contribution in [3.05, 3.63) is 42.5 Å². The third-order valence-electron chi connectivity index (χ3n) is 4.61. The van der Waals surface area contributed by atoms with E-state index in [1.165, 1.54) is 19.3 Å². The van der Waals surface area contributed by atoms with Gasteiger partial charge in [0.25, 0.3) is 0 Å². The van der Waals surface area contributed by atoms with E-state index in [1.54, 1.807) is 13.1 Å². The van der Waals surface area contributed by atoms with Crippen LogP contribution in [0, 0.1) is 0 Å². The molecule has 1 aromatic rings. The Hall–Kier alpha value is -2.50. The van der Waals surface area contributed by atoms with E-state index in [1.807, 2.05) is 24.3 Å². The zero-order valence-electron chi connectivity index (χ0n) is 16.3. The number of amides is 1. The highest BCUT2D eigenvalue weighted by Gasteiger charge is 2.15. The summed E-state index contributed by atoms with van der Waals surface area (Å²) in [5.41, 5.74) is 1.04. The molecular formula is C21H32N4O2. The molecule has 0 spiro atoms. The number of carbonyl (C=O) groups is 1. The summed E-state index contributed by atoms with van der Waals surface area (Å²) < 4.78 is 5.67. The summed E-state index contributed by atoms with van der Waals surface area (Å²) in [6.45, 7) is 5.28. The number of aliphatic imine (C=N–C) groups is 1. The van der Waals surface area contributed by atoms with Crippen molar-refractivity contribution in [2.45, 2.75) is 51.1 Å². The molecule has 148 valence electrons. The summed E-state index contributed by atoms with van der Waals surface area (Å²) >= 11 is 0. The third-order valence-corrected chi connectivity index (χ3v) is 4.61. The maximum absolute atomic E-state index is 12.1. The molecule has 1 saturated carbocycles. The minimum Gasteiger partial charge on any atom is -0.489 e. The van der Waals surface area contributed by atoms with Crippen LogP contribution in [0.15, 0.2) is 41.9 Å². The number of hydrogen-bond acceptors (Lipinski definition) is 3. The van der Waals surface area contributed by atoms with Gasteiger partial charge >= 0.3 is 0 Å². The lowest BCUT2D eigenvalue weighted by Gasteiger charge is -2.22. The Morgan fingerprint density at radius 1 is 1.26 bits per heavy atom. The lowest BCUT2D eigenvalue weighted by Crippen LogP contribution is -2.41. The van der Waals surface area contributed by atoms with E-state index in [0.29, 0.717) is 38.1 Å². The standard InChI is InChI=1S/C21H32N4O2/c1-3-15-27-19-12-8-7-9-17(19)16-24-21(22-2)23-14-13-20(26)25-18-10-5-4-6-11-18/h3,7-9,12,18H,1,4-6,10-11,13-16H2,2H3,(H,25,26)(H2,22,23,24). The van der Waals surface area contributed by atoms with E-state index in [4.69, 9.17) is 4.74 Å². The molecule has 6 heteroatoms. The van der Waals surface area contributed by atoms with Crippen LogP contribution in [0.4, 0.5) is 0 Å². The molecule has 3 N–H and O–H groups in total. The van der Waals surface area contributed by atoms with Crippen LogP contribution in [0.3, 0.4) is 0 Å². The molecule has 2 rings (SSSR count). The van der Waals surface area contributed by atoms with Gasteiger partial charge in [-0.1, -0.05) is 50.1 Å². The van der Waals surface area contributed by atoms with Crippen LogP contribution in [0.2, 0.25) is 0 Å². The van der Waals surface area contributed by atoms with E-state index in [-0.39, 0.29) is 5.91 Å². The van der Waals surface area contributed by atoms with E-state index >= 15 is 0 Å². The second kappa shape index (κ2) is 12.0. The summed E-state index contributed by atoms with van der Waals surface area (Å²) in [4.78, 5) is 16.3. The minimum absolute atomic E-state index is 0.105. The first-order valence-corrected chi connectivity index (χ1v) is 9.78. The fourth-order valence-corrected chi connectivity index (χ4v) is 3.18. The van der Waals surface area contributed by atoms with Crippen LogP contribution in [0.5, 0.6) is 5.75 Å².